The maximum Gasteiger partial charge on any atom is 0.224 e. The quantitative estimate of drug-likeness (QED) is 0.783. The molecule has 0 aromatic rings. The van der Waals surface area contributed by atoms with Gasteiger partial charge in [-0.15, -0.1) is 12.4 Å². The number of carbonyl (C=O) groups is 1. The van der Waals surface area contributed by atoms with Gasteiger partial charge >= 0.3 is 0 Å². The molecule has 2 atom stereocenters. The third-order valence-corrected chi connectivity index (χ3v) is 4.01. The Morgan fingerprint density at radius 3 is 2.47 bits per heavy atom. The summed E-state index contributed by atoms with van der Waals surface area (Å²) in [6.07, 6.45) is 2.67. The highest BCUT2D eigenvalue weighted by Crippen LogP contribution is 2.46. The lowest BCUT2D eigenvalue weighted by molar-refractivity contribution is -0.167. The van der Waals surface area contributed by atoms with Gasteiger partial charge in [0.2, 0.25) is 5.91 Å². The number of nitrogens with zero attached hydrogens (tertiary/aromatic N) is 1. The molecule has 114 valence electrons. The minimum Gasteiger partial charge on any atom is -0.378 e. The van der Waals surface area contributed by atoms with Crippen LogP contribution in [0.1, 0.15) is 47.0 Å². The minimum atomic E-state index is 0. The van der Waals surface area contributed by atoms with Crippen LogP contribution in [0.2, 0.25) is 0 Å². The Bertz CT molecular complexity index is 285. The fourth-order valence-corrected chi connectivity index (χ4v) is 2.84. The Labute approximate surface area is 123 Å². The van der Waals surface area contributed by atoms with Gasteiger partial charge in [-0.2, -0.15) is 0 Å². The van der Waals surface area contributed by atoms with Crippen molar-refractivity contribution in [3.63, 3.8) is 0 Å². The van der Waals surface area contributed by atoms with Crippen molar-refractivity contribution in [1.29, 1.82) is 0 Å². The SMILES string of the molecule is CCCN(C(=O)CCN)C1CC(OCC)C1(C)C.Cl. The molecule has 1 rings (SSSR count). The van der Waals surface area contributed by atoms with Gasteiger partial charge in [-0.25, -0.2) is 0 Å². The largest absolute Gasteiger partial charge is 0.378 e. The zero-order valence-electron chi connectivity index (χ0n) is 12.6. The van der Waals surface area contributed by atoms with E-state index in [2.05, 4.69) is 20.8 Å². The highest BCUT2D eigenvalue weighted by Gasteiger charge is 2.52. The average molecular weight is 293 g/mol. The number of amides is 1. The first-order chi connectivity index (χ1) is 8.48. The second-order valence-corrected chi connectivity index (χ2v) is 5.64. The molecule has 5 heteroatoms. The molecule has 0 radical (unpaired) electrons. The van der Waals surface area contributed by atoms with E-state index in [4.69, 9.17) is 10.5 Å². The zero-order chi connectivity index (χ0) is 13.8. The Morgan fingerprint density at radius 1 is 1.42 bits per heavy atom. The Morgan fingerprint density at radius 2 is 2.05 bits per heavy atom. The van der Waals surface area contributed by atoms with Crippen LogP contribution in [0.15, 0.2) is 0 Å². The predicted molar refractivity (Wildman–Crippen MR) is 80.5 cm³/mol. The number of hydrogen-bond donors (Lipinski definition) is 1. The monoisotopic (exact) mass is 292 g/mol. The first kappa shape index (κ1) is 18.7. The summed E-state index contributed by atoms with van der Waals surface area (Å²) in [4.78, 5) is 14.1. The van der Waals surface area contributed by atoms with E-state index in [-0.39, 0.29) is 29.8 Å². The number of carbonyl (C=O) groups excluding carboxylic acids is 1. The van der Waals surface area contributed by atoms with Gasteiger partial charge in [-0.3, -0.25) is 4.79 Å². The highest BCUT2D eigenvalue weighted by atomic mass is 35.5. The van der Waals surface area contributed by atoms with Crippen molar-refractivity contribution in [3.05, 3.63) is 0 Å². The van der Waals surface area contributed by atoms with Gasteiger partial charge in [0.25, 0.3) is 0 Å². The second kappa shape index (κ2) is 8.08. The molecule has 1 aliphatic rings. The third-order valence-electron chi connectivity index (χ3n) is 4.01. The van der Waals surface area contributed by atoms with Crippen molar-refractivity contribution in [2.24, 2.45) is 11.1 Å². The summed E-state index contributed by atoms with van der Waals surface area (Å²) in [6, 6.07) is 0.299. The van der Waals surface area contributed by atoms with Gasteiger partial charge in [0, 0.05) is 37.6 Å². The number of rotatable bonds is 7. The minimum absolute atomic E-state index is 0. The van der Waals surface area contributed by atoms with E-state index in [1.54, 1.807) is 0 Å². The van der Waals surface area contributed by atoms with Crippen molar-refractivity contribution < 1.29 is 9.53 Å². The molecule has 0 spiro atoms. The normalized spacial score (nSPS) is 24.3. The summed E-state index contributed by atoms with van der Waals surface area (Å²) >= 11 is 0. The molecule has 1 fully saturated rings. The lowest BCUT2D eigenvalue weighted by Crippen LogP contribution is -2.63. The summed E-state index contributed by atoms with van der Waals surface area (Å²) in [7, 11) is 0. The number of halogens is 1. The molecule has 1 amide bonds. The molecule has 2 unspecified atom stereocenters. The zero-order valence-corrected chi connectivity index (χ0v) is 13.5. The molecule has 0 aliphatic heterocycles. The first-order valence-electron chi connectivity index (χ1n) is 7.10. The average Bonchev–Trinajstić information content (AvgIpc) is 2.32. The van der Waals surface area contributed by atoms with Crippen molar-refractivity contribution in [2.75, 3.05) is 19.7 Å². The fourth-order valence-electron chi connectivity index (χ4n) is 2.84. The van der Waals surface area contributed by atoms with E-state index in [0.717, 1.165) is 26.0 Å². The molecule has 1 aliphatic carbocycles. The summed E-state index contributed by atoms with van der Waals surface area (Å²) < 4.78 is 5.73. The van der Waals surface area contributed by atoms with Crippen molar-refractivity contribution in [3.8, 4) is 0 Å². The standard InChI is InChI=1S/C14H28N2O2.ClH/c1-5-9-16(13(17)7-8-15)11-10-12(18-6-2)14(11,3)4;/h11-12H,5-10,15H2,1-4H3;1H. The lowest BCUT2D eigenvalue weighted by Gasteiger charge is -2.55. The van der Waals surface area contributed by atoms with E-state index < -0.39 is 0 Å². The van der Waals surface area contributed by atoms with Crippen LogP contribution in [0.4, 0.5) is 0 Å². The molecule has 19 heavy (non-hydrogen) atoms. The van der Waals surface area contributed by atoms with Gasteiger partial charge in [-0.05, 0) is 19.8 Å². The molecule has 0 bridgehead atoms. The summed E-state index contributed by atoms with van der Waals surface area (Å²) in [5.41, 5.74) is 5.54. The fraction of sp³-hybridized carbons (Fsp3) is 0.929. The molecule has 1 saturated carbocycles. The van der Waals surface area contributed by atoms with Gasteiger partial charge in [-0.1, -0.05) is 20.8 Å². The van der Waals surface area contributed by atoms with Crippen LogP contribution in [0, 0.1) is 5.41 Å². The second-order valence-electron chi connectivity index (χ2n) is 5.64. The first-order valence-corrected chi connectivity index (χ1v) is 7.10. The molecule has 0 saturated heterocycles. The van der Waals surface area contributed by atoms with Crippen LogP contribution in [0.25, 0.3) is 0 Å². The van der Waals surface area contributed by atoms with E-state index >= 15 is 0 Å². The molecule has 0 aromatic heterocycles. The van der Waals surface area contributed by atoms with Gasteiger partial charge in [0.05, 0.1) is 6.10 Å². The van der Waals surface area contributed by atoms with Crippen LogP contribution in [-0.4, -0.2) is 42.6 Å². The summed E-state index contributed by atoms with van der Waals surface area (Å²) in [6.45, 7) is 10.5. The molecule has 0 heterocycles. The van der Waals surface area contributed by atoms with E-state index in [1.165, 1.54) is 0 Å². The van der Waals surface area contributed by atoms with Crippen LogP contribution in [0.3, 0.4) is 0 Å². The van der Waals surface area contributed by atoms with Crippen molar-refractivity contribution in [2.45, 2.75) is 59.1 Å². The van der Waals surface area contributed by atoms with Gasteiger partial charge < -0.3 is 15.4 Å². The van der Waals surface area contributed by atoms with E-state index in [1.807, 2.05) is 11.8 Å². The predicted octanol–water partition coefficient (Wildman–Crippen LogP) is 2.20. The number of nitrogens with two attached hydrogens (primary N) is 1. The van der Waals surface area contributed by atoms with Crippen molar-refractivity contribution in [1.82, 2.24) is 4.90 Å². The maximum atomic E-state index is 12.1. The number of ether oxygens (including phenoxy) is 1. The smallest absolute Gasteiger partial charge is 0.224 e. The van der Waals surface area contributed by atoms with Gasteiger partial charge in [0.1, 0.15) is 0 Å². The van der Waals surface area contributed by atoms with Crippen LogP contribution in [0.5, 0.6) is 0 Å². The molecule has 4 nitrogen and oxygen atoms in total. The van der Waals surface area contributed by atoms with Crippen LogP contribution in [-0.2, 0) is 9.53 Å². The molecule has 2 N–H and O–H groups in total. The lowest BCUT2D eigenvalue weighted by atomic mass is 9.63. The Kier molecular flexibility index (Phi) is 7.94. The van der Waals surface area contributed by atoms with Crippen LogP contribution < -0.4 is 5.73 Å². The van der Waals surface area contributed by atoms with E-state index in [9.17, 15) is 4.79 Å². The van der Waals surface area contributed by atoms with Crippen LogP contribution >= 0.6 is 12.4 Å². The topological polar surface area (TPSA) is 55.6 Å². The van der Waals surface area contributed by atoms with Gasteiger partial charge in [0.15, 0.2) is 0 Å². The van der Waals surface area contributed by atoms with E-state index in [0.29, 0.717) is 19.0 Å². The Balaban J connectivity index is 0.00000324. The molecular formula is C14H29ClN2O2. The summed E-state index contributed by atoms with van der Waals surface area (Å²) in [5.74, 6) is 0.187. The number of hydrogen-bond acceptors (Lipinski definition) is 3. The molecule has 0 aromatic carbocycles. The third kappa shape index (κ3) is 4.07. The van der Waals surface area contributed by atoms with Crippen molar-refractivity contribution >= 4 is 18.3 Å². The Hall–Kier alpha value is -0.320. The molecular weight excluding hydrogens is 264 g/mol. The summed E-state index contributed by atoms with van der Waals surface area (Å²) in [5, 5.41) is 0. The highest BCUT2D eigenvalue weighted by molar-refractivity contribution is 5.85. The maximum absolute atomic E-state index is 12.1.